The Morgan fingerprint density at radius 1 is 1.11 bits per heavy atom. The average Bonchev–Trinajstić information content (AvgIpc) is 2.89. The minimum absolute atomic E-state index is 0.146. The van der Waals surface area contributed by atoms with Gasteiger partial charge in [-0.3, -0.25) is 4.90 Å². The summed E-state index contributed by atoms with van der Waals surface area (Å²) in [4.78, 5) is 2.43. The van der Waals surface area contributed by atoms with Crippen molar-refractivity contribution in [1.82, 2.24) is 4.90 Å². The third-order valence-electron chi connectivity index (χ3n) is 7.30. The van der Waals surface area contributed by atoms with Crippen LogP contribution in [0, 0.1) is 5.41 Å². The van der Waals surface area contributed by atoms with Crippen molar-refractivity contribution in [3.8, 4) is 0 Å². The standard InChI is InChI=1S/C22H33NO4/c1-21-14-17(16-6-3-2-4-7-16)23(15-22(26)10-12-27-13-11-22)19(21)9-5-8-18(24)20(21)25/h2-4,6-7,17-20,24-26H,5,8-15H2,1H3/t17-,18-,19-,20+,21-/m1/s1. The molecule has 0 spiro atoms. The lowest BCUT2D eigenvalue weighted by Gasteiger charge is -2.42. The van der Waals surface area contributed by atoms with Gasteiger partial charge in [0.25, 0.3) is 0 Å². The van der Waals surface area contributed by atoms with Crippen LogP contribution in [-0.2, 0) is 4.74 Å². The van der Waals surface area contributed by atoms with Crippen LogP contribution in [0.25, 0.3) is 0 Å². The average molecular weight is 376 g/mol. The molecule has 5 atom stereocenters. The van der Waals surface area contributed by atoms with Crippen LogP contribution < -0.4 is 0 Å². The highest BCUT2D eigenvalue weighted by molar-refractivity contribution is 5.24. The minimum Gasteiger partial charge on any atom is -0.390 e. The van der Waals surface area contributed by atoms with Gasteiger partial charge in [-0.05, 0) is 31.2 Å². The lowest BCUT2D eigenvalue weighted by Crippen LogP contribution is -2.52. The van der Waals surface area contributed by atoms with E-state index >= 15 is 0 Å². The largest absolute Gasteiger partial charge is 0.390 e. The molecular formula is C22H33NO4. The first-order valence-electron chi connectivity index (χ1n) is 10.4. The van der Waals surface area contributed by atoms with E-state index in [4.69, 9.17) is 4.74 Å². The molecule has 0 aromatic heterocycles. The molecule has 3 N–H and O–H groups in total. The van der Waals surface area contributed by atoms with E-state index in [9.17, 15) is 15.3 Å². The Hall–Kier alpha value is -0.980. The first-order chi connectivity index (χ1) is 12.9. The summed E-state index contributed by atoms with van der Waals surface area (Å²) in [6.07, 6.45) is 3.20. The predicted octanol–water partition coefficient (Wildman–Crippen LogP) is 2.26. The topological polar surface area (TPSA) is 73.2 Å². The highest BCUT2D eigenvalue weighted by Gasteiger charge is 2.56. The van der Waals surface area contributed by atoms with Gasteiger partial charge in [-0.2, -0.15) is 0 Å². The molecule has 5 heteroatoms. The van der Waals surface area contributed by atoms with Gasteiger partial charge in [0.1, 0.15) is 0 Å². The zero-order valence-corrected chi connectivity index (χ0v) is 16.3. The van der Waals surface area contributed by atoms with Crippen molar-refractivity contribution in [3.05, 3.63) is 35.9 Å². The number of ether oxygens (including phenoxy) is 1. The van der Waals surface area contributed by atoms with Crippen LogP contribution in [0.4, 0.5) is 0 Å². The van der Waals surface area contributed by atoms with Crippen molar-refractivity contribution in [2.45, 2.75) is 75.3 Å². The van der Waals surface area contributed by atoms with E-state index in [1.807, 2.05) is 6.07 Å². The van der Waals surface area contributed by atoms with Gasteiger partial charge in [0.05, 0.1) is 17.8 Å². The molecule has 0 amide bonds. The first kappa shape index (κ1) is 19.3. The molecule has 2 saturated heterocycles. The molecule has 27 heavy (non-hydrogen) atoms. The number of hydrogen-bond acceptors (Lipinski definition) is 5. The van der Waals surface area contributed by atoms with Crippen LogP contribution in [0.2, 0.25) is 0 Å². The fraction of sp³-hybridized carbons (Fsp3) is 0.727. The van der Waals surface area contributed by atoms with Crippen molar-refractivity contribution in [2.75, 3.05) is 19.8 Å². The Morgan fingerprint density at radius 3 is 2.52 bits per heavy atom. The summed E-state index contributed by atoms with van der Waals surface area (Å²) in [5.41, 5.74) is 0.105. The van der Waals surface area contributed by atoms with Crippen molar-refractivity contribution in [1.29, 1.82) is 0 Å². The Bertz CT molecular complexity index is 632. The summed E-state index contributed by atoms with van der Waals surface area (Å²) in [6.45, 7) is 3.92. The monoisotopic (exact) mass is 375 g/mol. The second kappa shape index (κ2) is 7.45. The van der Waals surface area contributed by atoms with E-state index in [0.717, 1.165) is 19.3 Å². The highest BCUT2D eigenvalue weighted by atomic mass is 16.5. The maximum atomic E-state index is 11.2. The van der Waals surface area contributed by atoms with Gasteiger partial charge in [-0.1, -0.05) is 37.3 Å². The predicted molar refractivity (Wildman–Crippen MR) is 103 cm³/mol. The number of fused-ring (bicyclic) bond motifs is 1. The van der Waals surface area contributed by atoms with E-state index in [-0.39, 0.29) is 17.5 Å². The molecular weight excluding hydrogens is 342 g/mol. The van der Waals surface area contributed by atoms with Crippen LogP contribution >= 0.6 is 0 Å². The summed E-state index contributed by atoms with van der Waals surface area (Å²) < 4.78 is 5.47. The summed E-state index contributed by atoms with van der Waals surface area (Å²) in [5.74, 6) is 0. The zero-order chi connectivity index (χ0) is 19.1. The van der Waals surface area contributed by atoms with E-state index in [1.165, 1.54) is 5.56 Å². The van der Waals surface area contributed by atoms with E-state index < -0.39 is 17.8 Å². The number of aliphatic hydroxyl groups is 3. The second-order valence-corrected chi connectivity index (χ2v) is 9.10. The summed E-state index contributed by atoms with van der Waals surface area (Å²) in [5, 5.41) is 32.7. The Morgan fingerprint density at radius 2 is 1.81 bits per heavy atom. The molecule has 4 rings (SSSR count). The summed E-state index contributed by atoms with van der Waals surface area (Å²) >= 11 is 0. The molecule has 2 heterocycles. The summed E-state index contributed by atoms with van der Waals surface area (Å²) in [7, 11) is 0. The van der Waals surface area contributed by atoms with Gasteiger partial charge in [0.15, 0.2) is 0 Å². The lowest BCUT2D eigenvalue weighted by atomic mass is 9.74. The molecule has 1 saturated carbocycles. The van der Waals surface area contributed by atoms with Crippen molar-refractivity contribution >= 4 is 0 Å². The fourth-order valence-corrected chi connectivity index (χ4v) is 5.65. The fourth-order valence-electron chi connectivity index (χ4n) is 5.65. The molecule has 1 aromatic rings. The number of hydrogen-bond donors (Lipinski definition) is 3. The number of β-amino-alcohol motifs (C(OH)–C–C–N with tert-alkyl or cyclic N) is 1. The molecule has 3 aliphatic rings. The van der Waals surface area contributed by atoms with Crippen molar-refractivity contribution in [2.24, 2.45) is 5.41 Å². The third kappa shape index (κ3) is 3.56. The van der Waals surface area contributed by atoms with Gasteiger partial charge in [-0.25, -0.2) is 0 Å². The molecule has 0 unspecified atom stereocenters. The van der Waals surface area contributed by atoms with Crippen LogP contribution in [0.1, 0.15) is 57.1 Å². The molecule has 0 bridgehead atoms. The number of aliphatic hydroxyl groups excluding tert-OH is 2. The van der Waals surface area contributed by atoms with Gasteiger partial charge >= 0.3 is 0 Å². The second-order valence-electron chi connectivity index (χ2n) is 9.10. The van der Waals surface area contributed by atoms with E-state index in [2.05, 4.69) is 36.1 Å². The Kier molecular flexibility index (Phi) is 5.34. The number of rotatable bonds is 3. The molecule has 1 aromatic carbocycles. The quantitative estimate of drug-likeness (QED) is 0.756. The molecule has 0 radical (unpaired) electrons. The third-order valence-corrected chi connectivity index (χ3v) is 7.30. The molecule has 2 aliphatic heterocycles. The molecule has 5 nitrogen and oxygen atoms in total. The lowest BCUT2D eigenvalue weighted by molar-refractivity contribution is -0.0964. The normalized spacial score (nSPS) is 39.7. The van der Waals surface area contributed by atoms with Gasteiger partial charge in [-0.15, -0.1) is 0 Å². The molecule has 1 aliphatic carbocycles. The van der Waals surface area contributed by atoms with Gasteiger partial charge in [0, 0.05) is 50.1 Å². The number of benzene rings is 1. The van der Waals surface area contributed by atoms with Crippen LogP contribution in [0.5, 0.6) is 0 Å². The number of likely N-dealkylation sites (tertiary alicyclic amines) is 1. The molecule has 150 valence electrons. The van der Waals surface area contributed by atoms with Crippen molar-refractivity contribution < 1.29 is 20.1 Å². The zero-order valence-electron chi connectivity index (χ0n) is 16.3. The van der Waals surface area contributed by atoms with Gasteiger partial charge < -0.3 is 20.1 Å². The Balaban J connectivity index is 1.69. The number of nitrogens with zero attached hydrogens (tertiary/aromatic N) is 1. The molecule has 3 fully saturated rings. The van der Waals surface area contributed by atoms with Crippen LogP contribution in [-0.4, -0.2) is 63.8 Å². The van der Waals surface area contributed by atoms with E-state index in [1.54, 1.807) is 0 Å². The van der Waals surface area contributed by atoms with Crippen LogP contribution in [0.3, 0.4) is 0 Å². The maximum Gasteiger partial charge on any atom is 0.0868 e. The smallest absolute Gasteiger partial charge is 0.0868 e. The van der Waals surface area contributed by atoms with E-state index in [0.29, 0.717) is 39.0 Å². The summed E-state index contributed by atoms with van der Waals surface area (Å²) in [6, 6.07) is 10.7. The minimum atomic E-state index is -0.744. The van der Waals surface area contributed by atoms with Crippen LogP contribution in [0.15, 0.2) is 30.3 Å². The maximum absolute atomic E-state index is 11.2. The van der Waals surface area contributed by atoms with Crippen molar-refractivity contribution in [3.63, 3.8) is 0 Å². The van der Waals surface area contributed by atoms with Gasteiger partial charge in [0.2, 0.25) is 0 Å². The SMILES string of the molecule is C[C@@]12C[C@H](c3ccccc3)N(CC3(O)CCOCC3)[C@@H]1CCC[C@@H](O)[C@@H]2O. The first-order valence-corrected chi connectivity index (χ1v) is 10.4. The Labute approximate surface area is 162 Å². The highest BCUT2D eigenvalue weighted by Crippen LogP contribution is 2.54.